The molecule has 0 aromatic heterocycles. The second kappa shape index (κ2) is 7.15. The van der Waals surface area contributed by atoms with Gasteiger partial charge >= 0.3 is 0 Å². The van der Waals surface area contributed by atoms with E-state index in [1.54, 1.807) is 24.3 Å². The fourth-order valence-corrected chi connectivity index (χ4v) is 1.91. The highest BCUT2D eigenvalue weighted by Crippen LogP contribution is 2.20. The summed E-state index contributed by atoms with van der Waals surface area (Å²) in [5.41, 5.74) is 1.08. The SMILES string of the molecule is O=C(CNCc1ccc(F)c(F)c1)Nc1ccccc1Cl. The van der Waals surface area contributed by atoms with E-state index in [1.807, 2.05) is 0 Å². The number of carbonyl (C=O) groups excluding carboxylic acids is 1. The molecule has 2 aromatic rings. The second-order valence-corrected chi connectivity index (χ2v) is 4.79. The molecule has 0 radical (unpaired) electrons. The number of hydrogen-bond acceptors (Lipinski definition) is 2. The highest BCUT2D eigenvalue weighted by molar-refractivity contribution is 6.33. The molecule has 1 amide bonds. The van der Waals surface area contributed by atoms with Crippen LogP contribution < -0.4 is 10.6 Å². The molecular formula is C15H13ClF2N2O. The van der Waals surface area contributed by atoms with Gasteiger partial charge < -0.3 is 10.6 Å². The predicted octanol–water partition coefficient (Wildman–Crippen LogP) is 3.35. The number of carbonyl (C=O) groups is 1. The molecule has 21 heavy (non-hydrogen) atoms. The number of para-hydroxylation sites is 1. The largest absolute Gasteiger partial charge is 0.324 e. The first-order valence-electron chi connectivity index (χ1n) is 6.25. The number of rotatable bonds is 5. The Balaban J connectivity index is 1.82. The van der Waals surface area contributed by atoms with E-state index in [-0.39, 0.29) is 19.0 Å². The first-order chi connectivity index (χ1) is 10.1. The molecule has 0 unspecified atom stereocenters. The lowest BCUT2D eigenvalue weighted by molar-refractivity contribution is -0.115. The quantitative estimate of drug-likeness (QED) is 0.889. The van der Waals surface area contributed by atoms with E-state index >= 15 is 0 Å². The lowest BCUT2D eigenvalue weighted by Gasteiger charge is -2.08. The summed E-state index contributed by atoms with van der Waals surface area (Å²) in [7, 11) is 0. The normalized spacial score (nSPS) is 10.4. The Morgan fingerprint density at radius 3 is 2.57 bits per heavy atom. The first kappa shape index (κ1) is 15.4. The topological polar surface area (TPSA) is 41.1 Å². The molecule has 6 heteroatoms. The number of anilines is 1. The number of nitrogens with one attached hydrogen (secondary N) is 2. The third kappa shape index (κ3) is 4.51. The van der Waals surface area contributed by atoms with Gasteiger partial charge in [0.05, 0.1) is 17.3 Å². The van der Waals surface area contributed by atoms with Crippen LogP contribution in [-0.2, 0) is 11.3 Å². The predicted molar refractivity (Wildman–Crippen MR) is 78.1 cm³/mol. The summed E-state index contributed by atoms with van der Waals surface area (Å²) in [6.45, 7) is 0.289. The fraction of sp³-hybridized carbons (Fsp3) is 0.133. The molecule has 0 aliphatic heterocycles. The summed E-state index contributed by atoms with van der Waals surface area (Å²) >= 11 is 5.92. The van der Waals surface area contributed by atoms with Crippen molar-refractivity contribution < 1.29 is 13.6 Å². The Labute approximate surface area is 125 Å². The van der Waals surface area contributed by atoms with Crippen molar-refractivity contribution in [2.45, 2.75) is 6.54 Å². The van der Waals surface area contributed by atoms with Crippen molar-refractivity contribution in [2.75, 3.05) is 11.9 Å². The Kier molecular flexibility index (Phi) is 5.25. The van der Waals surface area contributed by atoms with Gasteiger partial charge in [-0.25, -0.2) is 8.78 Å². The third-order valence-electron chi connectivity index (χ3n) is 2.75. The number of halogens is 3. The zero-order valence-electron chi connectivity index (χ0n) is 11.0. The van der Waals surface area contributed by atoms with Crippen LogP contribution >= 0.6 is 11.6 Å². The molecule has 2 aromatic carbocycles. The molecule has 0 saturated carbocycles. The zero-order chi connectivity index (χ0) is 15.2. The van der Waals surface area contributed by atoms with Crippen LogP contribution in [0.3, 0.4) is 0 Å². The summed E-state index contributed by atoms with van der Waals surface area (Å²) < 4.78 is 25.8. The van der Waals surface area contributed by atoms with Gasteiger partial charge in [0.25, 0.3) is 0 Å². The Bertz CT molecular complexity index is 649. The fourth-order valence-electron chi connectivity index (χ4n) is 1.73. The van der Waals surface area contributed by atoms with Crippen LogP contribution in [0.5, 0.6) is 0 Å². The van der Waals surface area contributed by atoms with Crippen LogP contribution in [0.1, 0.15) is 5.56 Å². The van der Waals surface area contributed by atoms with E-state index in [1.165, 1.54) is 6.07 Å². The van der Waals surface area contributed by atoms with Crippen LogP contribution in [0, 0.1) is 11.6 Å². The molecule has 0 bridgehead atoms. The highest BCUT2D eigenvalue weighted by Gasteiger charge is 2.06. The number of amides is 1. The van der Waals surface area contributed by atoms with Crippen molar-refractivity contribution in [3.05, 3.63) is 64.7 Å². The minimum atomic E-state index is -0.908. The van der Waals surface area contributed by atoms with Gasteiger partial charge in [0.15, 0.2) is 11.6 Å². The average molecular weight is 311 g/mol. The number of hydrogen-bond donors (Lipinski definition) is 2. The van der Waals surface area contributed by atoms with E-state index < -0.39 is 11.6 Å². The molecule has 0 spiro atoms. The average Bonchev–Trinajstić information content (AvgIpc) is 2.45. The van der Waals surface area contributed by atoms with E-state index in [2.05, 4.69) is 10.6 Å². The van der Waals surface area contributed by atoms with Crippen molar-refractivity contribution in [1.82, 2.24) is 5.32 Å². The van der Waals surface area contributed by atoms with Crippen LogP contribution in [-0.4, -0.2) is 12.5 Å². The highest BCUT2D eigenvalue weighted by atomic mass is 35.5. The Hall–Kier alpha value is -1.98. The summed E-state index contributed by atoms with van der Waals surface area (Å²) in [4.78, 5) is 11.7. The zero-order valence-corrected chi connectivity index (χ0v) is 11.8. The van der Waals surface area contributed by atoms with Gasteiger partial charge in [-0.05, 0) is 29.8 Å². The van der Waals surface area contributed by atoms with E-state index in [0.717, 1.165) is 12.1 Å². The lowest BCUT2D eigenvalue weighted by Crippen LogP contribution is -2.27. The van der Waals surface area contributed by atoms with Gasteiger partial charge in [0.2, 0.25) is 5.91 Å². The molecule has 0 fully saturated rings. The van der Waals surface area contributed by atoms with Gasteiger partial charge in [-0.2, -0.15) is 0 Å². The van der Waals surface area contributed by atoms with Crippen molar-refractivity contribution >= 4 is 23.2 Å². The molecule has 2 rings (SSSR count). The van der Waals surface area contributed by atoms with Crippen molar-refractivity contribution in [3.63, 3.8) is 0 Å². The maximum Gasteiger partial charge on any atom is 0.238 e. The summed E-state index contributed by atoms with van der Waals surface area (Å²) in [6, 6.07) is 10.5. The number of benzene rings is 2. The Morgan fingerprint density at radius 2 is 1.86 bits per heavy atom. The van der Waals surface area contributed by atoms with Gasteiger partial charge in [0, 0.05) is 6.54 Å². The van der Waals surface area contributed by atoms with Crippen LogP contribution in [0.25, 0.3) is 0 Å². The molecule has 0 heterocycles. The van der Waals surface area contributed by atoms with Gasteiger partial charge in [-0.3, -0.25) is 4.79 Å². The molecular weight excluding hydrogens is 298 g/mol. The van der Waals surface area contributed by atoms with E-state index in [0.29, 0.717) is 16.3 Å². The van der Waals surface area contributed by atoms with Gasteiger partial charge in [0.1, 0.15) is 0 Å². The van der Waals surface area contributed by atoms with Gasteiger partial charge in [-0.1, -0.05) is 29.8 Å². The maximum absolute atomic E-state index is 13.0. The Morgan fingerprint density at radius 1 is 1.10 bits per heavy atom. The molecule has 110 valence electrons. The molecule has 2 N–H and O–H groups in total. The van der Waals surface area contributed by atoms with E-state index in [9.17, 15) is 13.6 Å². The molecule has 0 saturated heterocycles. The molecule has 0 aliphatic carbocycles. The third-order valence-corrected chi connectivity index (χ3v) is 3.08. The van der Waals surface area contributed by atoms with Gasteiger partial charge in [-0.15, -0.1) is 0 Å². The van der Waals surface area contributed by atoms with E-state index in [4.69, 9.17) is 11.6 Å². The molecule has 0 atom stereocenters. The van der Waals surface area contributed by atoms with Crippen LogP contribution in [0.2, 0.25) is 5.02 Å². The van der Waals surface area contributed by atoms with Crippen molar-refractivity contribution in [2.24, 2.45) is 0 Å². The van der Waals surface area contributed by atoms with Crippen molar-refractivity contribution in [3.8, 4) is 0 Å². The lowest BCUT2D eigenvalue weighted by atomic mass is 10.2. The standard InChI is InChI=1S/C15H13ClF2N2O/c16-11-3-1-2-4-14(11)20-15(21)9-19-8-10-5-6-12(17)13(18)7-10/h1-7,19H,8-9H2,(H,20,21). The minimum absolute atomic E-state index is 0.0320. The monoisotopic (exact) mass is 310 g/mol. The van der Waals surface area contributed by atoms with Crippen molar-refractivity contribution in [1.29, 1.82) is 0 Å². The summed E-state index contributed by atoms with van der Waals surface area (Å²) in [6.07, 6.45) is 0. The minimum Gasteiger partial charge on any atom is -0.324 e. The van der Waals surface area contributed by atoms with Crippen LogP contribution in [0.4, 0.5) is 14.5 Å². The smallest absolute Gasteiger partial charge is 0.238 e. The first-order valence-corrected chi connectivity index (χ1v) is 6.63. The molecule has 0 aliphatic rings. The second-order valence-electron chi connectivity index (χ2n) is 4.38. The van der Waals surface area contributed by atoms with Crippen LogP contribution in [0.15, 0.2) is 42.5 Å². The maximum atomic E-state index is 13.0. The summed E-state index contributed by atoms with van der Waals surface area (Å²) in [5.74, 6) is -2.07. The summed E-state index contributed by atoms with van der Waals surface area (Å²) in [5, 5.41) is 5.94. The molecule has 3 nitrogen and oxygen atoms in total.